The van der Waals surface area contributed by atoms with Crippen LogP contribution in [0.25, 0.3) is 0 Å². The fourth-order valence-corrected chi connectivity index (χ4v) is 1.49. The molecule has 0 aromatic carbocycles. The maximum absolute atomic E-state index is 5.12. The van der Waals surface area contributed by atoms with E-state index >= 15 is 0 Å². The molecule has 17 heavy (non-hydrogen) atoms. The van der Waals surface area contributed by atoms with E-state index < -0.39 is 0 Å². The van der Waals surface area contributed by atoms with Crippen LogP contribution in [0.2, 0.25) is 0 Å². The maximum Gasteiger partial charge on any atom is 0.187 e. The third-order valence-electron chi connectivity index (χ3n) is 1.85. The predicted molar refractivity (Wildman–Crippen MR) is 75.1 cm³/mol. The highest BCUT2D eigenvalue weighted by Crippen LogP contribution is 1.98. The standard InChI is InChI=1S/C12H18N4S/c1-9(10-7-5-6-8-13-10)15-16-11(17)14-12(2,3)4/h5-8H,1-4H3,(H2,14,16,17)/b15-9-. The van der Waals surface area contributed by atoms with Gasteiger partial charge < -0.3 is 5.32 Å². The number of pyridine rings is 1. The van der Waals surface area contributed by atoms with E-state index in [9.17, 15) is 0 Å². The highest BCUT2D eigenvalue weighted by atomic mass is 32.1. The Morgan fingerprint density at radius 2 is 2.06 bits per heavy atom. The van der Waals surface area contributed by atoms with Gasteiger partial charge in [0.2, 0.25) is 0 Å². The Balaban J connectivity index is 2.57. The lowest BCUT2D eigenvalue weighted by molar-refractivity contribution is 0.508. The normalized spacial score (nSPS) is 12.1. The molecule has 0 atom stereocenters. The fourth-order valence-electron chi connectivity index (χ4n) is 1.14. The van der Waals surface area contributed by atoms with E-state index in [1.807, 2.05) is 45.9 Å². The molecule has 0 bridgehead atoms. The Labute approximate surface area is 108 Å². The van der Waals surface area contributed by atoms with E-state index in [4.69, 9.17) is 12.2 Å². The monoisotopic (exact) mass is 250 g/mol. The molecular formula is C12H18N4S. The van der Waals surface area contributed by atoms with Crippen LogP contribution in [0.3, 0.4) is 0 Å². The van der Waals surface area contributed by atoms with Crippen LogP contribution in [-0.2, 0) is 0 Å². The van der Waals surface area contributed by atoms with Gasteiger partial charge in [0.25, 0.3) is 0 Å². The molecule has 0 saturated carbocycles. The predicted octanol–water partition coefficient (Wildman–Crippen LogP) is 2.07. The van der Waals surface area contributed by atoms with Gasteiger partial charge in [-0.15, -0.1) is 0 Å². The summed E-state index contributed by atoms with van der Waals surface area (Å²) in [7, 11) is 0. The summed E-state index contributed by atoms with van der Waals surface area (Å²) < 4.78 is 0. The second-order valence-corrected chi connectivity index (χ2v) is 5.14. The largest absolute Gasteiger partial charge is 0.357 e. The Kier molecular flexibility index (Phi) is 4.57. The van der Waals surface area contributed by atoms with E-state index in [1.165, 1.54) is 0 Å². The van der Waals surface area contributed by atoms with Gasteiger partial charge in [0.15, 0.2) is 5.11 Å². The minimum Gasteiger partial charge on any atom is -0.357 e. The average Bonchev–Trinajstić information content (AvgIpc) is 2.25. The number of nitrogens with zero attached hydrogens (tertiary/aromatic N) is 2. The molecule has 1 rings (SSSR count). The lowest BCUT2D eigenvalue weighted by Gasteiger charge is -2.21. The van der Waals surface area contributed by atoms with Crippen molar-refractivity contribution in [2.45, 2.75) is 33.2 Å². The van der Waals surface area contributed by atoms with Crippen molar-refractivity contribution in [1.29, 1.82) is 0 Å². The van der Waals surface area contributed by atoms with Crippen LogP contribution in [0.5, 0.6) is 0 Å². The van der Waals surface area contributed by atoms with Crippen molar-refractivity contribution in [3.05, 3.63) is 30.1 Å². The molecule has 0 saturated heterocycles. The molecule has 0 fully saturated rings. The van der Waals surface area contributed by atoms with Gasteiger partial charge >= 0.3 is 0 Å². The number of hydrogen-bond acceptors (Lipinski definition) is 3. The Bertz CT molecular complexity index is 406. The third kappa shape index (κ3) is 5.40. The van der Waals surface area contributed by atoms with Gasteiger partial charge in [-0.2, -0.15) is 5.10 Å². The van der Waals surface area contributed by atoms with E-state index in [2.05, 4.69) is 20.8 Å². The zero-order valence-electron chi connectivity index (χ0n) is 10.6. The molecular weight excluding hydrogens is 232 g/mol. The first-order valence-electron chi connectivity index (χ1n) is 5.42. The van der Waals surface area contributed by atoms with Crippen LogP contribution >= 0.6 is 12.2 Å². The van der Waals surface area contributed by atoms with Crippen LogP contribution in [0.15, 0.2) is 29.5 Å². The highest BCUT2D eigenvalue weighted by Gasteiger charge is 2.10. The van der Waals surface area contributed by atoms with Crippen LogP contribution in [0.4, 0.5) is 0 Å². The maximum atomic E-state index is 5.12. The van der Waals surface area contributed by atoms with E-state index in [0.29, 0.717) is 5.11 Å². The molecule has 1 aromatic rings. The lowest BCUT2D eigenvalue weighted by atomic mass is 10.1. The smallest absolute Gasteiger partial charge is 0.187 e. The molecule has 0 aliphatic rings. The zero-order chi connectivity index (χ0) is 12.9. The van der Waals surface area contributed by atoms with Crippen molar-refractivity contribution in [1.82, 2.24) is 15.7 Å². The Morgan fingerprint density at radius 1 is 1.35 bits per heavy atom. The molecule has 2 N–H and O–H groups in total. The number of hydrogen-bond donors (Lipinski definition) is 2. The molecule has 1 heterocycles. The number of aromatic nitrogens is 1. The quantitative estimate of drug-likeness (QED) is 0.479. The highest BCUT2D eigenvalue weighted by molar-refractivity contribution is 7.80. The second kappa shape index (κ2) is 5.72. The minimum atomic E-state index is -0.0709. The van der Waals surface area contributed by atoms with Gasteiger partial charge in [-0.1, -0.05) is 6.07 Å². The average molecular weight is 250 g/mol. The first-order valence-corrected chi connectivity index (χ1v) is 5.83. The van der Waals surface area contributed by atoms with Crippen LogP contribution in [-0.4, -0.2) is 21.3 Å². The van der Waals surface area contributed by atoms with Gasteiger partial charge in [-0.25, -0.2) is 0 Å². The number of rotatable bonds is 2. The van der Waals surface area contributed by atoms with Gasteiger partial charge in [-0.05, 0) is 52.0 Å². The summed E-state index contributed by atoms with van der Waals surface area (Å²) in [6.45, 7) is 8.00. The zero-order valence-corrected chi connectivity index (χ0v) is 11.4. The summed E-state index contributed by atoms with van der Waals surface area (Å²) in [4.78, 5) is 4.20. The topological polar surface area (TPSA) is 49.3 Å². The summed E-state index contributed by atoms with van der Waals surface area (Å²) in [6, 6.07) is 5.70. The van der Waals surface area contributed by atoms with Crippen molar-refractivity contribution < 1.29 is 0 Å². The van der Waals surface area contributed by atoms with Gasteiger partial charge in [-0.3, -0.25) is 10.4 Å². The molecule has 92 valence electrons. The fraction of sp³-hybridized carbons (Fsp3) is 0.417. The van der Waals surface area contributed by atoms with Crippen molar-refractivity contribution in [3.8, 4) is 0 Å². The van der Waals surface area contributed by atoms with Crippen molar-refractivity contribution >= 4 is 23.0 Å². The molecule has 4 nitrogen and oxygen atoms in total. The molecule has 1 aromatic heterocycles. The van der Waals surface area contributed by atoms with E-state index in [1.54, 1.807) is 6.20 Å². The minimum absolute atomic E-state index is 0.0709. The van der Waals surface area contributed by atoms with Crippen molar-refractivity contribution in [2.24, 2.45) is 5.10 Å². The van der Waals surface area contributed by atoms with Gasteiger partial charge in [0.05, 0.1) is 11.4 Å². The molecule has 0 unspecified atom stereocenters. The molecule has 0 spiro atoms. The SMILES string of the molecule is C/C(=N/NC(=S)NC(C)(C)C)c1ccccn1. The molecule has 0 aliphatic heterocycles. The second-order valence-electron chi connectivity index (χ2n) is 4.73. The summed E-state index contributed by atoms with van der Waals surface area (Å²) in [5, 5.41) is 7.80. The van der Waals surface area contributed by atoms with Gasteiger partial charge in [0.1, 0.15) is 0 Å². The first-order chi connectivity index (χ1) is 7.88. The molecule has 0 aliphatic carbocycles. The molecule has 0 amide bonds. The number of thiocarbonyl (C=S) groups is 1. The Morgan fingerprint density at radius 3 is 2.59 bits per heavy atom. The van der Waals surface area contributed by atoms with Crippen LogP contribution in [0, 0.1) is 0 Å². The van der Waals surface area contributed by atoms with Crippen molar-refractivity contribution in [2.75, 3.05) is 0 Å². The lowest BCUT2D eigenvalue weighted by Crippen LogP contribution is -2.44. The summed E-state index contributed by atoms with van der Waals surface area (Å²) in [5.41, 5.74) is 4.36. The Hall–Kier alpha value is -1.49. The number of hydrazone groups is 1. The van der Waals surface area contributed by atoms with E-state index in [-0.39, 0.29) is 5.54 Å². The summed E-state index contributed by atoms with van der Waals surface area (Å²) in [6.07, 6.45) is 1.74. The third-order valence-corrected chi connectivity index (χ3v) is 2.04. The van der Waals surface area contributed by atoms with Crippen molar-refractivity contribution in [3.63, 3.8) is 0 Å². The summed E-state index contributed by atoms with van der Waals surface area (Å²) >= 11 is 5.12. The van der Waals surface area contributed by atoms with Crippen LogP contribution in [0.1, 0.15) is 33.4 Å². The van der Waals surface area contributed by atoms with Crippen LogP contribution < -0.4 is 10.7 Å². The first kappa shape index (κ1) is 13.6. The molecule has 0 radical (unpaired) electrons. The number of nitrogens with one attached hydrogen (secondary N) is 2. The summed E-state index contributed by atoms with van der Waals surface area (Å²) in [5.74, 6) is 0. The van der Waals surface area contributed by atoms with Gasteiger partial charge in [0, 0.05) is 11.7 Å². The van der Waals surface area contributed by atoms with E-state index in [0.717, 1.165) is 11.4 Å². The molecule has 5 heteroatoms.